The Morgan fingerprint density at radius 3 is 2.35 bits per heavy atom. The molecule has 6 heteroatoms. The zero-order valence-corrected chi connectivity index (χ0v) is 11.8. The number of nitrogen functional groups attached to an aromatic ring is 1. The zero-order chi connectivity index (χ0) is 14.8. The standard InChI is InChI=1S/C14H15FN2O2S/c1-20(18,19)17(14-4-2-3-13(16)9-14)10-11-5-7-12(15)8-6-11/h2-9H,10,16H2,1H3. The van der Waals surface area contributed by atoms with Crippen LogP contribution in [-0.4, -0.2) is 14.7 Å². The van der Waals surface area contributed by atoms with Crippen LogP contribution in [0.3, 0.4) is 0 Å². The van der Waals surface area contributed by atoms with Crippen molar-refractivity contribution in [3.05, 3.63) is 59.9 Å². The highest BCUT2D eigenvalue weighted by molar-refractivity contribution is 7.92. The molecule has 0 saturated heterocycles. The number of nitrogens with zero attached hydrogens (tertiary/aromatic N) is 1. The number of sulfonamides is 1. The van der Waals surface area contributed by atoms with Gasteiger partial charge in [0.15, 0.2) is 0 Å². The molecule has 2 aromatic rings. The van der Waals surface area contributed by atoms with Crippen LogP contribution in [0.1, 0.15) is 5.56 Å². The molecule has 0 saturated carbocycles. The van der Waals surface area contributed by atoms with Crippen molar-refractivity contribution >= 4 is 21.4 Å². The van der Waals surface area contributed by atoms with Gasteiger partial charge in [0.25, 0.3) is 0 Å². The normalized spacial score (nSPS) is 11.3. The predicted molar refractivity (Wildman–Crippen MR) is 78.3 cm³/mol. The van der Waals surface area contributed by atoms with Crippen molar-refractivity contribution in [1.29, 1.82) is 0 Å². The molecule has 2 rings (SSSR count). The third-order valence-corrected chi connectivity index (χ3v) is 3.94. The van der Waals surface area contributed by atoms with Crippen LogP contribution >= 0.6 is 0 Å². The van der Waals surface area contributed by atoms with E-state index in [2.05, 4.69) is 0 Å². The summed E-state index contributed by atoms with van der Waals surface area (Å²) >= 11 is 0. The monoisotopic (exact) mass is 294 g/mol. The van der Waals surface area contributed by atoms with Crippen LogP contribution in [0.15, 0.2) is 48.5 Å². The van der Waals surface area contributed by atoms with E-state index in [0.29, 0.717) is 16.9 Å². The summed E-state index contributed by atoms with van der Waals surface area (Å²) in [6.45, 7) is 0.128. The summed E-state index contributed by atoms with van der Waals surface area (Å²) in [7, 11) is -3.46. The van der Waals surface area contributed by atoms with Crippen LogP contribution in [0.5, 0.6) is 0 Å². The lowest BCUT2D eigenvalue weighted by Gasteiger charge is -2.22. The van der Waals surface area contributed by atoms with E-state index < -0.39 is 10.0 Å². The molecular formula is C14H15FN2O2S. The minimum absolute atomic E-state index is 0.128. The minimum Gasteiger partial charge on any atom is -0.399 e. The van der Waals surface area contributed by atoms with Crippen LogP contribution in [0.4, 0.5) is 15.8 Å². The smallest absolute Gasteiger partial charge is 0.232 e. The van der Waals surface area contributed by atoms with Gasteiger partial charge in [0.05, 0.1) is 18.5 Å². The van der Waals surface area contributed by atoms with Gasteiger partial charge in [0, 0.05) is 5.69 Å². The Hall–Kier alpha value is -2.08. The summed E-state index contributed by atoms with van der Waals surface area (Å²) in [5, 5.41) is 0. The SMILES string of the molecule is CS(=O)(=O)N(Cc1ccc(F)cc1)c1cccc(N)c1. The fraction of sp³-hybridized carbons (Fsp3) is 0.143. The molecule has 20 heavy (non-hydrogen) atoms. The first kappa shape index (κ1) is 14.3. The number of anilines is 2. The average molecular weight is 294 g/mol. The second-order valence-electron chi connectivity index (χ2n) is 4.49. The van der Waals surface area contributed by atoms with E-state index in [-0.39, 0.29) is 12.4 Å². The van der Waals surface area contributed by atoms with Gasteiger partial charge in [0.1, 0.15) is 5.82 Å². The first-order valence-corrected chi connectivity index (χ1v) is 7.79. The molecule has 0 spiro atoms. The Morgan fingerprint density at radius 1 is 1.15 bits per heavy atom. The quantitative estimate of drug-likeness (QED) is 0.881. The molecule has 0 unspecified atom stereocenters. The van der Waals surface area contributed by atoms with Gasteiger partial charge in [-0.05, 0) is 35.9 Å². The van der Waals surface area contributed by atoms with Gasteiger partial charge < -0.3 is 5.73 Å². The number of rotatable bonds is 4. The molecule has 0 fully saturated rings. The maximum Gasteiger partial charge on any atom is 0.232 e. The van der Waals surface area contributed by atoms with E-state index >= 15 is 0 Å². The molecule has 2 N–H and O–H groups in total. The van der Waals surface area contributed by atoms with Crippen LogP contribution in [0.25, 0.3) is 0 Å². The molecule has 0 aliphatic heterocycles. The molecule has 2 aromatic carbocycles. The topological polar surface area (TPSA) is 63.4 Å². The van der Waals surface area contributed by atoms with Crippen LogP contribution in [-0.2, 0) is 16.6 Å². The number of hydrogen-bond donors (Lipinski definition) is 1. The molecule has 0 heterocycles. The molecule has 0 aliphatic carbocycles. The van der Waals surface area contributed by atoms with Gasteiger partial charge in [0.2, 0.25) is 10.0 Å². The van der Waals surface area contributed by atoms with E-state index in [1.54, 1.807) is 36.4 Å². The van der Waals surface area contributed by atoms with Gasteiger partial charge in [-0.2, -0.15) is 0 Å². The van der Waals surface area contributed by atoms with Crippen molar-refractivity contribution in [2.45, 2.75) is 6.54 Å². The summed E-state index contributed by atoms with van der Waals surface area (Å²) in [5.74, 6) is -0.358. The third kappa shape index (κ3) is 3.48. The van der Waals surface area contributed by atoms with Gasteiger partial charge in [-0.1, -0.05) is 18.2 Å². The van der Waals surface area contributed by atoms with Gasteiger partial charge in [-0.15, -0.1) is 0 Å². The van der Waals surface area contributed by atoms with E-state index in [9.17, 15) is 12.8 Å². The summed E-state index contributed by atoms with van der Waals surface area (Å²) < 4.78 is 38.0. The summed E-state index contributed by atoms with van der Waals surface area (Å²) in [5.41, 5.74) is 7.34. The first-order valence-electron chi connectivity index (χ1n) is 5.94. The molecule has 0 radical (unpaired) electrons. The molecule has 0 bridgehead atoms. The van der Waals surface area contributed by atoms with E-state index in [1.807, 2.05) is 0 Å². The fourth-order valence-corrected chi connectivity index (χ4v) is 2.72. The van der Waals surface area contributed by atoms with Crippen molar-refractivity contribution in [3.63, 3.8) is 0 Å². The third-order valence-electron chi connectivity index (χ3n) is 2.80. The second kappa shape index (κ2) is 5.50. The highest BCUT2D eigenvalue weighted by Gasteiger charge is 2.18. The van der Waals surface area contributed by atoms with E-state index in [1.165, 1.54) is 16.4 Å². The van der Waals surface area contributed by atoms with Crippen molar-refractivity contribution in [1.82, 2.24) is 0 Å². The van der Waals surface area contributed by atoms with Crippen LogP contribution in [0, 0.1) is 5.82 Å². The minimum atomic E-state index is -3.46. The van der Waals surface area contributed by atoms with Crippen molar-refractivity contribution in [3.8, 4) is 0 Å². The Bertz CT molecular complexity index is 699. The van der Waals surface area contributed by atoms with Crippen LogP contribution in [0.2, 0.25) is 0 Å². The van der Waals surface area contributed by atoms with Gasteiger partial charge in [-0.25, -0.2) is 12.8 Å². The Balaban J connectivity index is 2.37. The van der Waals surface area contributed by atoms with Crippen molar-refractivity contribution < 1.29 is 12.8 Å². The lowest BCUT2D eigenvalue weighted by atomic mass is 10.2. The predicted octanol–water partition coefficient (Wildman–Crippen LogP) is 2.37. The summed E-state index contributed by atoms with van der Waals surface area (Å²) in [6, 6.07) is 12.3. The van der Waals surface area contributed by atoms with E-state index in [0.717, 1.165) is 6.26 Å². The second-order valence-corrected chi connectivity index (χ2v) is 6.40. The molecule has 0 aromatic heterocycles. The largest absolute Gasteiger partial charge is 0.399 e. The molecule has 4 nitrogen and oxygen atoms in total. The van der Waals surface area contributed by atoms with Gasteiger partial charge in [-0.3, -0.25) is 4.31 Å². The number of hydrogen-bond acceptors (Lipinski definition) is 3. The first-order chi connectivity index (χ1) is 9.36. The highest BCUT2D eigenvalue weighted by atomic mass is 32.2. The Morgan fingerprint density at radius 2 is 1.80 bits per heavy atom. The number of benzene rings is 2. The molecule has 0 amide bonds. The number of nitrogens with two attached hydrogens (primary N) is 1. The lowest BCUT2D eigenvalue weighted by molar-refractivity contribution is 0.596. The molecule has 0 aliphatic rings. The maximum atomic E-state index is 12.9. The average Bonchev–Trinajstić information content (AvgIpc) is 2.36. The Kier molecular flexibility index (Phi) is 3.94. The van der Waals surface area contributed by atoms with Crippen molar-refractivity contribution in [2.75, 3.05) is 16.3 Å². The summed E-state index contributed by atoms with van der Waals surface area (Å²) in [4.78, 5) is 0. The maximum absolute atomic E-state index is 12.9. The molecular weight excluding hydrogens is 279 g/mol. The fourth-order valence-electron chi connectivity index (χ4n) is 1.84. The highest BCUT2D eigenvalue weighted by Crippen LogP contribution is 2.22. The van der Waals surface area contributed by atoms with Crippen LogP contribution < -0.4 is 10.0 Å². The lowest BCUT2D eigenvalue weighted by Crippen LogP contribution is -2.29. The van der Waals surface area contributed by atoms with Gasteiger partial charge >= 0.3 is 0 Å². The molecule has 0 atom stereocenters. The summed E-state index contributed by atoms with van der Waals surface area (Å²) in [6.07, 6.45) is 1.12. The number of halogens is 1. The van der Waals surface area contributed by atoms with Crippen molar-refractivity contribution in [2.24, 2.45) is 0 Å². The molecule has 106 valence electrons. The Labute approximate surface area is 117 Å². The van der Waals surface area contributed by atoms with E-state index in [4.69, 9.17) is 5.73 Å². The zero-order valence-electron chi connectivity index (χ0n) is 11.0.